The molecule has 0 radical (unpaired) electrons. The van der Waals surface area contributed by atoms with Gasteiger partial charge in [-0.1, -0.05) is 30.7 Å². The molecule has 8 nitrogen and oxygen atoms in total. The van der Waals surface area contributed by atoms with Gasteiger partial charge in [0.2, 0.25) is 11.8 Å². The number of carbonyl (C=O) groups is 3. The number of anilines is 2. The first-order chi connectivity index (χ1) is 20.7. The average molecular weight is 624 g/mol. The fourth-order valence-corrected chi connectivity index (χ4v) is 9.71. The molecule has 5 rings (SSSR count). The molecular formula is C33H38ClN3O5S. The van der Waals surface area contributed by atoms with Gasteiger partial charge < -0.3 is 24.5 Å². The average Bonchev–Trinajstić information content (AvgIpc) is 3.59. The lowest BCUT2D eigenvalue weighted by Crippen LogP contribution is -2.58. The van der Waals surface area contributed by atoms with Gasteiger partial charge in [-0.25, -0.2) is 0 Å². The Bertz CT molecular complexity index is 1390. The molecular weight excluding hydrogens is 586 g/mol. The summed E-state index contributed by atoms with van der Waals surface area (Å²) in [5, 5.41) is 10.4. The van der Waals surface area contributed by atoms with Gasteiger partial charge >= 0.3 is 0 Å². The van der Waals surface area contributed by atoms with Gasteiger partial charge in [-0.15, -0.1) is 24.9 Å². The largest absolute Gasteiger partial charge is 0.494 e. The molecule has 3 unspecified atom stereocenters. The molecule has 10 heteroatoms. The zero-order valence-electron chi connectivity index (χ0n) is 24.5. The molecule has 2 bridgehead atoms. The molecule has 3 aliphatic rings. The molecule has 2 aromatic rings. The maximum Gasteiger partial charge on any atom is 0.251 e. The molecule has 1 N–H and O–H groups in total. The van der Waals surface area contributed by atoms with Crippen LogP contribution in [0.2, 0.25) is 5.02 Å². The van der Waals surface area contributed by atoms with Gasteiger partial charge in [0.15, 0.2) is 0 Å². The molecule has 0 aromatic heterocycles. The van der Waals surface area contributed by atoms with E-state index in [1.165, 1.54) is 4.90 Å². The lowest BCUT2D eigenvalue weighted by molar-refractivity contribution is -0.139. The molecule has 3 saturated heterocycles. The van der Waals surface area contributed by atoms with Gasteiger partial charge in [0.25, 0.3) is 5.91 Å². The summed E-state index contributed by atoms with van der Waals surface area (Å²) in [6.45, 7) is 12.5. The molecule has 3 aliphatic heterocycles. The third-order valence-corrected chi connectivity index (χ3v) is 11.2. The van der Waals surface area contributed by atoms with Crippen molar-refractivity contribution in [2.75, 3.05) is 42.6 Å². The Balaban J connectivity index is 1.54. The number of ether oxygens (including phenoxy) is 1. The predicted molar refractivity (Wildman–Crippen MR) is 172 cm³/mol. The number of amides is 3. The third-order valence-electron chi connectivity index (χ3n) is 8.86. The SMILES string of the molecule is C=CCN(C(=O)C1N(CCO)C(=O)[C@@H]2[C@@H](C(=O)N(CC=C)c3ccc(OCC)cc3)[C@H]3CC(C)C12S3)c1ccc(Cl)cc1. The van der Waals surface area contributed by atoms with Gasteiger partial charge in [0.05, 0.1) is 29.8 Å². The number of β-amino-alcohol motifs (C(OH)–C–C–N with tert-alkyl or cyclic N) is 1. The molecule has 43 heavy (non-hydrogen) atoms. The monoisotopic (exact) mass is 623 g/mol. The summed E-state index contributed by atoms with van der Waals surface area (Å²) in [7, 11) is 0. The first kappa shape index (κ1) is 31.2. The van der Waals surface area contributed by atoms with Gasteiger partial charge in [0, 0.05) is 41.3 Å². The van der Waals surface area contributed by atoms with Crippen molar-refractivity contribution in [1.82, 2.24) is 4.90 Å². The second-order valence-corrected chi connectivity index (χ2v) is 13.2. The molecule has 2 aromatic carbocycles. The number of benzene rings is 2. The van der Waals surface area contributed by atoms with Crippen LogP contribution < -0.4 is 14.5 Å². The predicted octanol–water partition coefficient (Wildman–Crippen LogP) is 4.81. The van der Waals surface area contributed by atoms with E-state index in [0.717, 1.165) is 0 Å². The van der Waals surface area contributed by atoms with Crippen molar-refractivity contribution in [3.05, 3.63) is 78.9 Å². The van der Waals surface area contributed by atoms with Gasteiger partial charge in [-0.2, -0.15) is 0 Å². The van der Waals surface area contributed by atoms with Crippen LogP contribution in [0.5, 0.6) is 5.75 Å². The fourth-order valence-electron chi connectivity index (χ4n) is 7.17. The topological polar surface area (TPSA) is 90.4 Å². The number of likely N-dealkylation sites (tertiary alicyclic amines) is 1. The van der Waals surface area contributed by atoms with E-state index in [-0.39, 0.29) is 55.1 Å². The highest BCUT2D eigenvalue weighted by Crippen LogP contribution is 2.69. The van der Waals surface area contributed by atoms with E-state index in [0.29, 0.717) is 35.2 Å². The van der Waals surface area contributed by atoms with Gasteiger partial charge in [-0.3, -0.25) is 14.4 Å². The Morgan fingerprint density at radius 3 is 2.21 bits per heavy atom. The Hall–Kier alpha value is -3.27. The van der Waals surface area contributed by atoms with Crippen LogP contribution in [-0.2, 0) is 14.4 Å². The fraction of sp³-hybridized carbons (Fsp3) is 0.424. The maximum atomic E-state index is 14.6. The quantitative estimate of drug-likeness (QED) is 0.342. The number of aliphatic hydroxyl groups is 1. The van der Waals surface area contributed by atoms with E-state index in [1.807, 2.05) is 31.2 Å². The Morgan fingerprint density at radius 2 is 1.65 bits per heavy atom. The Labute approximate surface area is 262 Å². The molecule has 0 saturated carbocycles. The number of fused-ring (bicyclic) bond motifs is 1. The molecule has 228 valence electrons. The highest BCUT2D eigenvalue weighted by Gasteiger charge is 2.76. The summed E-state index contributed by atoms with van der Waals surface area (Å²) in [5.74, 6) is -1.30. The van der Waals surface area contributed by atoms with Crippen molar-refractivity contribution in [2.24, 2.45) is 17.8 Å². The van der Waals surface area contributed by atoms with Crippen LogP contribution in [0.3, 0.4) is 0 Å². The minimum Gasteiger partial charge on any atom is -0.494 e. The number of aliphatic hydroxyl groups excluding tert-OH is 1. The van der Waals surface area contributed by atoms with Crippen molar-refractivity contribution in [2.45, 2.75) is 36.3 Å². The third kappa shape index (κ3) is 5.25. The van der Waals surface area contributed by atoms with Crippen molar-refractivity contribution in [3.8, 4) is 5.75 Å². The highest BCUT2D eigenvalue weighted by atomic mass is 35.5. The summed E-state index contributed by atoms with van der Waals surface area (Å²) in [4.78, 5) is 48.1. The minimum atomic E-state index is -0.853. The van der Waals surface area contributed by atoms with E-state index >= 15 is 0 Å². The molecule has 0 aliphatic carbocycles. The number of hydrogen-bond donors (Lipinski definition) is 1. The van der Waals surface area contributed by atoms with Gasteiger partial charge in [0.1, 0.15) is 11.8 Å². The molecule has 1 spiro atoms. The number of hydrogen-bond acceptors (Lipinski definition) is 6. The molecule has 6 atom stereocenters. The minimum absolute atomic E-state index is 0.00412. The standard InChI is InChI=1S/C33H38ClN3O5S/c1-5-16-35(24-12-14-25(15-13-24)42-7-3)30(39)27-26-20-21(4)33(43-26)28(27)31(40)37(18-19-38)29(33)32(41)36(17-6-2)23-10-8-22(34)9-11-23/h5-6,8-15,21,26-29,38H,1-2,7,16-20H2,3-4H3/t21?,26-,27+,28+,29?,33?/m1/s1. The second kappa shape index (κ2) is 12.8. The van der Waals surface area contributed by atoms with Crippen molar-refractivity contribution < 1.29 is 24.2 Å². The van der Waals surface area contributed by atoms with E-state index in [1.54, 1.807) is 58.0 Å². The number of nitrogens with zero attached hydrogens (tertiary/aromatic N) is 3. The number of rotatable bonds is 12. The van der Waals surface area contributed by atoms with E-state index < -0.39 is 22.6 Å². The Kier molecular flexibility index (Phi) is 9.25. The lowest BCUT2D eigenvalue weighted by atomic mass is 9.65. The zero-order valence-corrected chi connectivity index (χ0v) is 26.1. The molecule has 3 fully saturated rings. The van der Waals surface area contributed by atoms with E-state index in [9.17, 15) is 19.5 Å². The number of thioether (sulfide) groups is 1. The van der Waals surface area contributed by atoms with Crippen LogP contribution in [0.4, 0.5) is 11.4 Å². The van der Waals surface area contributed by atoms with Crippen molar-refractivity contribution >= 4 is 52.5 Å². The molecule has 3 heterocycles. The first-order valence-electron chi connectivity index (χ1n) is 14.7. The Morgan fingerprint density at radius 1 is 1.07 bits per heavy atom. The summed E-state index contributed by atoms with van der Waals surface area (Å²) in [6, 6.07) is 13.4. The van der Waals surface area contributed by atoms with Crippen LogP contribution in [0.25, 0.3) is 0 Å². The van der Waals surface area contributed by atoms with Crippen molar-refractivity contribution in [1.29, 1.82) is 0 Å². The van der Waals surface area contributed by atoms with E-state index in [2.05, 4.69) is 20.1 Å². The number of halogens is 1. The lowest BCUT2D eigenvalue weighted by Gasteiger charge is -2.41. The summed E-state index contributed by atoms with van der Waals surface area (Å²) in [6.07, 6.45) is 4.02. The summed E-state index contributed by atoms with van der Waals surface area (Å²) in [5.41, 5.74) is 1.32. The normalized spacial score (nSPS) is 27.1. The molecule has 3 amide bonds. The number of carbonyl (C=O) groups excluding carboxylic acids is 3. The van der Waals surface area contributed by atoms with Crippen LogP contribution in [-0.4, -0.2) is 76.6 Å². The van der Waals surface area contributed by atoms with Crippen LogP contribution in [0.1, 0.15) is 20.3 Å². The van der Waals surface area contributed by atoms with E-state index in [4.69, 9.17) is 16.3 Å². The zero-order chi connectivity index (χ0) is 30.9. The van der Waals surface area contributed by atoms with Crippen LogP contribution in [0, 0.1) is 17.8 Å². The van der Waals surface area contributed by atoms with Gasteiger partial charge in [-0.05, 0) is 67.8 Å². The van der Waals surface area contributed by atoms with Crippen LogP contribution in [0.15, 0.2) is 73.8 Å². The highest BCUT2D eigenvalue weighted by molar-refractivity contribution is 8.02. The summed E-state index contributed by atoms with van der Waals surface area (Å²) < 4.78 is 4.76. The smallest absolute Gasteiger partial charge is 0.251 e. The van der Waals surface area contributed by atoms with Crippen LogP contribution >= 0.6 is 23.4 Å². The van der Waals surface area contributed by atoms with Crippen molar-refractivity contribution in [3.63, 3.8) is 0 Å². The maximum absolute atomic E-state index is 14.6. The summed E-state index contributed by atoms with van der Waals surface area (Å²) >= 11 is 7.73. The first-order valence-corrected chi connectivity index (χ1v) is 15.9. The second-order valence-electron chi connectivity index (χ2n) is 11.2.